The van der Waals surface area contributed by atoms with E-state index in [0.29, 0.717) is 38.8 Å². The molecule has 1 aliphatic heterocycles. The van der Waals surface area contributed by atoms with Gasteiger partial charge < -0.3 is 15.4 Å². The predicted octanol–water partition coefficient (Wildman–Crippen LogP) is 4.59. The largest absolute Gasteiger partial charge is 0.495 e. The van der Waals surface area contributed by atoms with Crippen LogP contribution in [0.5, 0.6) is 5.75 Å². The molecule has 0 saturated heterocycles. The van der Waals surface area contributed by atoms with Crippen molar-refractivity contribution in [2.75, 3.05) is 24.0 Å². The average molecular weight is 442 g/mol. The minimum atomic E-state index is -0.483. The minimum absolute atomic E-state index is 0.263. The number of ether oxygens (including phenoxy) is 1. The number of fused-ring (bicyclic) bond motifs is 1. The molecule has 1 atom stereocenters. The molecule has 0 unspecified atom stereocenters. The van der Waals surface area contributed by atoms with Gasteiger partial charge in [-0.1, -0.05) is 47.6 Å². The molecule has 9 heteroatoms. The molecule has 7 nitrogen and oxygen atoms in total. The lowest BCUT2D eigenvalue weighted by molar-refractivity contribution is -0.113. The summed E-state index contributed by atoms with van der Waals surface area (Å²) in [4.78, 5) is 17.9. The minimum Gasteiger partial charge on any atom is -0.495 e. The van der Waals surface area contributed by atoms with Crippen molar-refractivity contribution in [1.29, 1.82) is 0 Å². The van der Waals surface area contributed by atoms with Gasteiger partial charge in [-0.3, -0.25) is 4.79 Å². The van der Waals surface area contributed by atoms with Crippen molar-refractivity contribution >= 4 is 40.9 Å². The van der Waals surface area contributed by atoms with E-state index in [1.165, 1.54) is 11.8 Å². The normalized spacial score (nSPS) is 15.4. The summed E-state index contributed by atoms with van der Waals surface area (Å²) in [6.45, 7) is 1.85. The van der Waals surface area contributed by atoms with E-state index in [4.69, 9.17) is 16.3 Å². The Kier molecular flexibility index (Phi) is 5.69. The van der Waals surface area contributed by atoms with E-state index in [9.17, 15) is 4.79 Å². The second-order valence-electron chi connectivity index (χ2n) is 6.64. The summed E-state index contributed by atoms with van der Waals surface area (Å²) < 4.78 is 7.09. The van der Waals surface area contributed by atoms with Crippen LogP contribution in [0.2, 0.25) is 5.02 Å². The monoisotopic (exact) mass is 441 g/mol. The number of thioether (sulfide) groups is 1. The zero-order valence-corrected chi connectivity index (χ0v) is 18.2. The van der Waals surface area contributed by atoms with Crippen LogP contribution in [0.15, 0.2) is 65.0 Å². The van der Waals surface area contributed by atoms with Gasteiger partial charge in [-0.15, -0.1) is 5.10 Å². The highest BCUT2D eigenvalue weighted by molar-refractivity contribution is 7.98. The number of amides is 1. The highest BCUT2D eigenvalue weighted by Gasteiger charge is 2.34. The van der Waals surface area contributed by atoms with Gasteiger partial charge >= 0.3 is 0 Å². The summed E-state index contributed by atoms with van der Waals surface area (Å²) in [6.07, 6.45) is 1.91. The van der Waals surface area contributed by atoms with E-state index in [2.05, 4.69) is 20.7 Å². The average Bonchev–Trinajstić information content (AvgIpc) is 3.15. The van der Waals surface area contributed by atoms with Gasteiger partial charge in [-0.25, -0.2) is 4.68 Å². The van der Waals surface area contributed by atoms with Gasteiger partial charge in [0, 0.05) is 10.7 Å². The molecule has 0 saturated carbocycles. The molecule has 2 aromatic carbocycles. The van der Waals surface area contributed by atoms with Crippen LogP contribution >= 0.6 is 23.4 Å². The molecule has 154 valence electrons. The van der Waals surface area contributed by atoms with E-state index >= 15 is 0 Å². The SMILES string of the molecule is COc1ccccc1NC(=O)C1=C(C)Nc2nc(SC)nn2[C@@H]1c1cccc(Cl)c1. The van der Waals surface area contributed by atoms with Gasteiger partial charge in [-0.2, -0.15) is 4.98 Å². The van der Waals surface area contributed by atoms with E-state index in [-0.39, 0.29) is 5.91 Å². The van der Waals surface area contributed by atoms with Crippen LogP contribution in [0.1, 0.15) is 18.5 Å². The summed E-state index contributed by atoms with van der Waals surface area (Å²) in [6, 6.07) is 14.2. The molecule has 0 aliphatic carbocycles. The fourth-order valence-electron chi connectivity index (χ4n) is 3.43. The maximum Gasteiger partial charge on any atom is 0.255 e. The van der Waals surface area contributed by atoms with Crippen molar-refractivity contribution in [3.63, 3.8) is 0 Å². The van der Waals surface area contributed by atoms with E-state index < -0.39 is 6.04 Å². The lowest BCUT2D eigenvalue weighted by Crippen LogP contribution is -2.31. The lowest BCUT2D eigenvalue weighted by Gasteiger charge is -2.29. The van der Waals surface area contributed by atoms with Crippen LogP contribution in [0.3, 0.4) is 0 Å². The third-order valence-electron chi connectivity index (χ3n) is 4.78. The Morgan fingerprint density at radius 1 is 1.27 bits per heavy atom. The third kappa shape index (κ3) is 3.76. The van der Waals surface area contributed by atoms with E-state index in [0.717, 1.165) is 5.56 Å². The molecule has 0 fully saturated rings. The van der Waals surface area contributed by atoms with Crippen LogP contribution in [0.4, 0.5) is 11.6 Å². The van der Waals surface area contributed by atoms with Gasteiger partial charge in [0.25, 0.3) is 5.91 Å². The van der Waals surface area contributed by atoms with Crippen molar-refractivity contribution in [3.05, 3.63) is 70.4 Å². The molecule has 1 amide bonds. The summed E-state index contributed by atoms with van der Waals surface area (Å²) in [5, 5.41) is 12.0. The molecule has 0 spiro atoms. The number of anilines is 2. The quantitative estimate of drug-likeness (QED) is 0.563. The van der Waals surface area contributed by atoms with Crippen molar-refractivity contribution in [2.45, 2.75) is 18.1 Å². The van der Waals surface area contributed by atoms with Crippen LogP contribution in [0, 0.1) is 0 Å². The molecule has 3 aromatic rings. The first kappa shape index (κ1) is 20.3. The van der Waals surface area contributed by atoms with Gasteiger partial charge in [0.15, 0.2) is 0 Å². The lowest BCUT2D eigenvalue weighted by atomic mass is 9.95. The van der Waals surface area contributed by atoms with Crippen molar-refractivity contribution in [3.8, 4) is 5.75 Å². The Balaban J connectivity index is 1.80. The molecule has 1 aromatic heterocycles. The zero-order chi connectivity index (χ0) is 21.3. The fourth-order valence-corrected chi connectivity index (χ4v) is 3.98. The number of allylic oxidation sites excluding steroid dienone is 1. The molecule has 4 rings (SSSR count). The Hall–Kier alpha value is -2.97. The molecule has 2 heterocycles. The highest BCUT2D eigenvalue weighted by Crippen LogP contribution is 2.37. The number of carbonyl (C=O) groups excluding carboxylic acids is 1. The maximum absolute atomic E-state index is 13.4. The molecule has 2 N–H and O–H groups in total. The third-order valence-corrected chi connectivity index (χ3v) is 5.55. The number of aromatic nitrogens is 3. The van der Waals surface area contributed by atoms with Gasteiger partial charge in [0.2, 0.25) is 11.1 Å². The van der Waals surface area contributed by atoms with Gasteiger partial charge in [-0.05, 0) is 43.0 Å². The molecule has 0 radical (unpaired) electrons. The van der Waals surface area contributed by atoms with Gasteiger partial charge in [0.05, 0.1) is 18.4 Å². The number of nitrogens with zero attached hydrogens (tertiary/aromatic N) is 3. The van der Waals surface area contributed by atoms with Crippen LogP contribution < -0.4 is 15.4 Å². The number of nitrogens with one attached hydrogen (secondary N) is 2. The first-order valence-electron chi connectivity index (χ1n) is 9.20. The number of benzene rings is 2. The van der Waals surface area contributed by atoms with Crippen molar-refractivity contribution in [2.24, 2.45) is 0 Å². The standard InChI is InChI=1S/C21H20ClN5O2S/c1-12-17(19(28)24-15-9-4-5-10-16(15)29-2)18(13-7-6-8-14(22)11-13)27-20(23-12)25-21(26-27)30-3/h4-11,18H,1-3H3,(H,24,28)(H,23,25,26)/t18-/m1/s1. The molecular formula is C21H20ClN5O2S. The van der Waals surface area contributed by atoms with Crippen LogP contribution in [-0.4, -0.2) is 34.0 Å². The zero-order valence-electron chi connectivity index (χ0n) is 16.6. The molecular weight excluding hydrogens is 422 g/mol. The number of rotatable bonds is 5. The number of methoxy groups -OCH3 is 1. The molecule has 0 bridgehead atoms. The number of carbonyl (C=O) groups is 1. The number of para-hydroxylation sites is 2. The number of hydrogen-bond acceptors (Lipinski definition) is 6. The first-order chi connectivity index (χ1) is 14.5. The van der Waals surface area contributed by atoms with Crippen molar-refractivity contribution < 1.29 is 9.53 Å². The second kappa shape index (κ2) is 8.41. The number of halogens is 1. The Labute approximate surface area is 183 Å². The summed E-state index contributed by atoms with van der Waals surface area (Å²) in [7, 11) is 1.57. The van der Waals surface area contributed by atoms with Gasteiger partial charge in [0.1, 0.15) is 11.8 Å². The summed E-state index contributed by atoms with van der Waals surface area (Å²) >= 11 is 7.69. The summed E-state index contributed by atoms with van der Waals surface area (Å²) in [5.41, 5.74) is 2.64. The molecule has 1 aliphatic rings. The smallest absolute Gasteiger partial charge is 0.255 e. The number of hydrogen-bond donors (Lipinski definition) is 2. The maximum atomic E-state index is 13.4. The van der Waals surface area contributed by atoms with E-state index in [1.807, 2.05) is 43.5 Å². The summed E-state index contributed by atoms with van der Waals surface area (Å²) in [5.74, 6) is 0.898. The Morgan fingerprint density at radius 2 is 2.07 bits per heavy atom. The van der Waals surface area contributed by atoms with E-state index in [1.54, 1.807) is 30.0 Å². The van der Waals surface area contributed by atoms with Crippen molar-refractivity contribution in [1.82, 2.24) is 14.8 Å². The Bertz CT molecular complexity index is 1140. The predicted molar refractivity (Wildman–Crippen MR) is 119 cm³/mol. The first-order valence-corrected chi connectivity index (χ1v) is 10.8. The van der Waals surface area contributed by atoms with Crippen LogP contribution in [0.25, 0.3) is 0 Å². The topological polar surface area (TPSA) is 81.1 Å². The Morgan fingerprint density at radius 3 is 2.80 bits per heavy atom. The molecule has 30 heavy (non-hydrogen) atoms. The fraction of sp³-hybridized carbons (Fsp3) is 0.190. The van der Waals surface area contributed by atoms with Crippen LogP contribution in [-0.2, 0) is 4.79 Å². The second-order valence-corrected chi connectivity index (χ2v) is 7.85. The highest BCUT2D eigenvalue weighted by atomic mass is 35.5.